The summed E-state index contributed by atoms with van der Waals surface area (Å²) in [6, 6.07) is 19.1. The number of amides is 2. The zero-order valence-corrected chi connectivity index (χ0v) is 25.5. The quantitative estimate of drug-likeness (QED) is 0.357. The van der Waals surface area contributed by atoms with Gasteiger partial charge in [-0.15, -0.1) is 0 Å². The highest BCUT2D eigenvalue weighted by molar-refractivity contribution is 7.92. The molecule has 220 valence electrons. The molecule has 41 heavy (non-hydrogen) atoms. The molecule has 3 aromatic carbocycles. The van der Waals surface area contributed by atoms with Crippen LogP contribution in [-0.4, -0.2) is 57.5 Å². The molecule has 0 saturated carbocycles. The maximum absolute atomic E-state index is 14.0. The van der Waals surface area contributed by atoms with Crippen molar-refractivity contribution in [3.8, 4) is 11.5 Å². The molecule has 3 rings (SSSR count). The Balaban J connectivity index is 2.02. The number of sulfonamides is 1. The molecule has 0 spiro atoms. The van der Waals surface area contributed by atoms with Crippen LogP contribution in [0.25, 0.3) is 0 Å². The fraction of sp³-hybridized carbons (Fsp3) is 0.355. The van der Waals surface area contributed by atoms with Gasteiger partial charge in [0.05, 0.1) is 24.8 Å². The molecule has 0 heterocycles. The number of methoxy groups -OCH3 is 2. The Morgan fingerprint density at radius 1 is 0.854 bits per heavy atom. The molecule has 2 amide bonds. The zero-order valence-electron chi connectivity index (χ0n) is 24.7. The molecule has 0 saturated heterocycles. The van der Waals surface area contributed by atoms with Crippen LogP contribution in [0.4, 0.5) is 5.69 Å². The van der Waals surface area contributed by atoms with Crippen molar-refractivity contribution in [1.29, 1.82) is 0 Å². The highest BCUT2D eigenvalue weighted by Crippen LogP contribution is 2.26. The minimum absolute atomic E-state index is 0.00639. The highest BCUT2D eigenvalue weighted by atomic mass is 32.2. The highest BCUT2D eigenvalue weighted by Gasteiger charge is 2.33. The molecule has 0 aliphatic rings. The lowest BCUT2D eigenvalue weighted by Gasteiger charge is -2.33. The molecule has 0 bridgehead atoms. The number of hydrogen-bond acceptors (Lipinski definition) is 6. The van der Waals surface area contributed by atoms with E-state index in [9.17, 15) is 18.0 Å². The number of rotatable bonds is 11. The van der Waals surface area contributed by atoms with Gasteiger partial charge in [0.2, 0.25) is 11.8 Å². The van der Waals surface area contributed by atoms with Crippen molar-refractivity contribution in [2.24, 2.45) is 0 Å². The minimum Gasteiger partial charge on any atom is -0.497 e. The first-order chi connectivity index (χ1) is 19.2. The minimum atomic E-state index is -4.16. The van der Waals surface area contributed by atoms with Crippen LogP contribution in [0.2, 0.25) is 0 Å². The van der Waals surface area contributed by atoms with Gasteiger partial charge in [-0.05, 0) is 88.7 Å². The number of benzene rings is 3. The first kappa shape index (κ1) is 31.5. The van der Waals surface area contributed by atoms with E-state index in [0.29, 0.717) is 17.2 Å². The predicted octanol–water partition coefficient (Wildman–Crippen LogP) is 4.54. The third kappa shape index (κ3) is 8.23. The fourth-order valence-electron chi connectivity index (χ4n) is 4.10. The molecule has 0 aliphatic heterocycles. The van der Waals surface area contributed by atoms with E-state index in [2.05, 4.69) is 5.32 Å². The van der Waals surface area contributed by atoms with Crippen LogP contribution in [0, 0.1) is 6.92 Å². The second-order valence-corrected chi connectivity index (χ2v) is 12.7. The second-order valence-electron chi connectivity index (χ2n) is 10.8. The predicted molar refractivity (Wildman–Crippen MR) is 160 cm³/mol. The Bertz CT molecular complexity index is 1430. The standard InChI is InChI=1S/C31H39N3O6S/c1-22-8-12-25(13-9-22)34(41(37,38)28-18-16-27(40-7)17-19-28)21-29(35)33(23(2)30(36)32-31(3,4)5)20-24-10-14-26(39-6)15-11-24/h8-19,23H,20-21H2,1-7H3,(H,32,36)/t23-/m0/s1. The third-order valence-electron chi connectivity index (χ3n) is 6.43. The first-order valence-corrected chi connectivity index (χ1v) is 14.7. The van der Waals surface area contributed by atoms with Crippen molar-refractivity contribution in [3.05, 3.63) is 83.9 Å². The number of anilines is 1. The Kier molecular flexibility index (Phi) is 10.0. The van der Waals surface area contributed by atoms with Gasteiger partial charge in [0, 0.05) is 12.1 Å². The molecule has 0 radical (unpaired) electrons. The molecule has 0 unspecified atom stereocenters. The Morgan fingerprint density at radius 3 is 1.85 bits per heavy atom. The van der Waals surface area contributed by atoms with Gasteiger partial charge in [0.15, 0.2) is 0 Å². The van der Waals surface area contributed by atoms with Gasteiger partial charge in [0.25, 0.3) is 10.0 Å². The lowest BCUT2D eigenvalue weighted by Crippen LogP contribution is -2.54. The lowest BCUT2D eigenvalue weighted by atomic mass is 10.1. The summed E-state index contributed by atoms with van der Waals surface area (Å²) < 4.78 is 39.3. The average Bonchev–Trinajstić information content (AvgIpc) is 2.94. The molecule has 0 aromatic heterocycles. The van der Waals surface area contributed by atoms with Crippen LogP contribution in [-0.2, 0) is 26.2 Å². The number of nitrogens with zero attached hydrogens (tertiary/aromatic N) is 2. The van der Waals surface area contributed by atoms with Gasteiger partial charge in [-0.3, -0.25) is 13.9 Å². The monoisotopic (exact) mass is 581 g/mol. The maximum Gasteiger partial charge on any atom is 0.264 e. The van der Waals surface area contributed by atoms with Crippen molar-refractivity contribution in [1.82, 2.24) is 10.2 Å². The van der Waals surface area contributed by atoms with Crippen LogP contribution in [0.1, 0.15) is 38.8 Å². The normalized spacial score (nSPS) is 12.3. The van der Waals surface area contributed by atoms with E-state index in [4.69, 9.17) is 9.47 Å². The van der Waals surface area contributed by atoms with Gasteiger partial charge in [-0.25, -0.2) is 8.42 Å². The molecule has 0 fully saturated rings. The van der Waals surface area contributed by atoms with Crippen LogP contribution < -0.4 is 19.1 Å². The molecule has 3 aromatic rings. The molecule has 0 aliphatic carbocycles. The summed E-state index contributed by atoms with van der Waals surface area (Å²) in [7, 11) is -1.11. The first-order valence-electron chi connectivity index (χ1n) is 13.2. The smallest absolute Gasteiger partial charge is 0.264 e. The molecule has 9 nitrogen and oxygen atoms in total. The van der Waals surface area contributed by atoms with E-state index in [1.807, 2.05) is 27.7 Å². The van der Waals surface area contributed by atoms with Gasteiger partial charge in [0.1, 0.15) is 24.1 Å². The van der Waals surface area contributed by atoms with E-state index in [1.54, 1.807) is 74.7 Å². The van der Waals surface area contributed by atoms with E-state index in [1.165, 1.54) is 24.1 Å². The van der Waals surface area contributed by atoms with Crippen LogP contribution >= 0.6 is 0 Å². The lowest BCUT2D eigenvalue weighted by molar-refractivity contribution is -0.140. The number of ether oxygens (including phenoxy) is 2. The van der Waals surface area contributed by atoms with Gasteiger partial charge >= 0.3 is 0 Å². The van der Waals surface area contributed by atoms with Crippen molar-refractivity contribution >= 4 is 27.5 Å². The molecular formula is C31H39N3O6S. The van der Waals surface area contributed by atoms with Crippen molar-refractivity contribution in [2.75, 3.05) is 25.1 Å². The fourth-order valence-corrected chi connectivity index (χ4v) is 5.51. The van der Waals surface area contributed by atoms with Gasteiger partial charge in [-0.2, -0.15) is 0 Å². The summed E-state index contributed by atoms with van der Waals surface area (Å²) in [5.41, 5.74) is 1.51. The number of aryl methyl sites for hydroxylation is 1. The number of carbonyl (C=O) groups excluding carboxylic acids is 2. The Morgan fingerprint density at radius 2 is 1.37 bits per heavy atom. The van der Waals surface area contributed by atoms with Crippen LogP contribution in [0.15, 0.2) is 77.7 Å². The number of nitrogens with one attached hydrogen (secondary N) is 1. The Hall–Kier alpha value is -4.05. The third-order valence-corrected chi connectivity index (χ3v) is 8.21. The summed E-state index contributed by atoms with van der Waals surface area (Å²) in [4.78, 5) is 28.6. The van der Waals surface area contributed by atoms with Crippen LogP contribution in [0.5, 0.6) is 11.5 Å². The Labute approximate surface area is 243 Å². The van der Waals surface area contributed by atoms with Crippen molar-refractivity contribution < 1.29 is 27.5 Å². The maximum atomic E-state index is 14.0. The topological polar surface area (TPSA) is 105 Å². The summed E-state index contributed by atoms with van der Waals surface area (Å²) in [6.07, 6.45) is 0. The summed E-state index contributed by atoms with van der Waals surface area (Å²) in [5.74, 6) is 0.279. The summed E-state index contributed by atoms with van der Waals surface area (Å²) in [6.45, 7) is 8.67. The van der Waals surface area contributed by atoms with Crippen molar-refractivity contribution in [2.45, 2.75) is 57.6 Å². The molecule has 10 heteroatoms. The van der Waals surface area contributed by atoms with E-state index >= 15 is 0 Å². The summed E-state index contributed by atoms with van der Waals surface area (Å²) >= 11 is 0. The summed E-state index contributed by atoms with van der Waals surface area (Å²) in [5, 5.41) is 2.92. The average molecular weight is 582 g/mol. The zero-order chi connectivity index (χ0) is 30.4. The van der Waals surface area contributed by atoms with Gasteiger partial charge < -0.3 is 19.7 Å². The number of carbonyl (C=O) groups is 2. The van der Waals surface area contributed by atoms with Crippen LogP contribution in [0.3, 0.4) is 0 Å². The van der Waals surface area contributed by atoms with E-state index in [-0.39, 0.29) is 17.3 Å². The largest absolute Gasteiger partial charge is 0.497 e. The molecule has 1 atom stereocenters. The van der Waals surface area contributed by atoms with E-state index in [0.717, 1.165) is 15.4 Å². The molecule has 1 N–H and O–H groups in total. The molecular weight excluding hydrogens is 542 g/mol. The second kappa shape index (κ2) is 13.1. The van der Waals surface area contributed by atoms with E-state index < -0.39 is 34.1 Å². The van der Waals surface area contributed by atoms with Crippen molar-refractivity contribution in [3.63, 3.8) is 0 Å². The van der Waals surface area contributed by atoms with Gasteiger partial charge in [-0.1, -0.05) is 29.8 Å². The SMILES string of the molecule is COc1ccc(CN(C(=O)CN(c2ccc(C)cc2)S(=O)(=O)c2ccc(OC)cc2)[C@@H](C)C(=O)NC(C)(C)C)cc1. The number of hydrogen-bond donors (Lipinski definition) is 1.